The molecule has 0 fully saturated rings. The largest absolute Gasteiger partial charge is 0.492 e. The second kappa shape index (κ2) is 9.26. The SMILES string of the molecule is CN=C(NCCOc1cc(C)cc(C)c1)NCC1CC(=O)Nc2ccccc21. The summed E-state index contributed by atoms with van der Waals surface area (Å²) in [6.45, 7) is 5.94. The van der Waals surface area contributed by atoms with E-state index in [0.717, 1.165) is 17.0 Å². The minimum absolute atomic E-state index is 0.0512. The van der Waals surface area contributed by atoms with E-state index in [9.17, 15) is 4.79 Å². The van der Waals surface area contributed by atoms with Crippen LogP contribution in [0.2, 0.25) is 0 Å². The zero-order valence-corrected chi connectivity index (χ0v) is 16.7. The average molecular weight is 380 g/mol. The number of aryl methyl sites for hydroxylation is 2. The van der Waals surface area contributed by atoms with Crippen LogP contribution in [0.3, 0.4) is 0 Å². The molecule has 1 aliphatic heterocycles. The summed E-state index contributed by atoms with van der Waals surface area (Å²) in [5.41, 5.74) is 4.44. The van der Waals surface area contributed by atoms with Crippen LogP contribution in [0.5, 0.6) is 5.75 Å². The van der Waals surface area contributed by atoms with Gasteiger partial charge in [-0.1, -0.05) is 24.3 Å². The van der Waals surface area contributed by atoms with Gasteiger partial charge in [0.15, 0.2) is 5.96 Å². The summed E-state index contributed by atoms with van der Waals surface area (Å²) < 4.78 is 5.82. The van der Waals surface area contributed by atoms with Gasteiger partial charge in [-0.3, -0.25) is 9.79 Å². The number of nitrogens with one attached hydrogen (secondary N) is 3. The Bertz CT molecular complexity index is 843. The van der Waals surface area contributed by atoms with Crippen LogP contribution in [0, 0.1) is 13.8 Å². The third-order valence-corrected chi connectivity index (χ3v) is 4.70. The maximum absolute atomic E-state index is 11.9. The van der Waals surface area contributed by atoms with Crippen LogP contribution in [-0.4, -0.2) is 38.6 Å². The van der Waals surface area contributed by atoms with Gasteiger partial charge in [-0.25, -0.2) is 0 Å². The molecule has 0 radical (unpaired) electrons. The minimum atomic E-state index is 0.0512. The topological polar surface area (TPSA) is 74.8 Å². The summed E-state index contributed by atoms with van der Waals surface area (Å²) in [6.07, 6.45) is 0.469. The molecular weight excluding hydrogens is 352 g/mol. The number of fused-ring (bicyclic) bond motifs is 1. The normalized spacial score (nSPS) is 16.2. The van der Waals surface area contributed by atoms with E-state index >= 15 is 0 Å². The predicted octanol–water partition coefficient (Wildman–Crippen LogP) is 2.97. The third-order valence-electron chi connectivity index (χ3n) is 4.70. The van der Waals surface area contributed by atoms with Crippen LogP contribution in [0.25, 0.3) is 0 Å². The molecule has 6 heteroatoms. The van der Waals surface area contributed by atoms with Crippen molar-refractivity contribution in [3.05, 3.63) is 59.2 Å². The van der Waals surface area contributed by atoms with E-state index in [-0.39, 0.29) is 11.8 Å². The lowest BCUT2D eigenvalue weighted by Crippen LogP contribution is -2.42. The highest BCUT2D eigenvalue weighted by Crippen LogP contribution is 2.31. The van der Waals surface area contributed by atoms with Gasteiger partial charge in [0.25, 0.3) is 0 Å². The molecule has 1 atom stereocenters. The second-order valence-corrected chi connectivity index (χ2v) is 7.09. The number of para-hydroxylation sites is 1. The van der Waals surface area contributed by atoms with Crippen LogP contribution in [0.15, 0.2) is 47.5 Å². The molecule has 1 amide bonds. The van der Waals surface area contributed by atoms with Gasteiger partial charge in [0.1, 0.15) is 12.4 Å². The summed E-state index contributed by atoms with van der Waals surface area (Å²) in [4.78, 5) is 16.2. The molecular formula is C22H28N4O2. The van der Waals surface area contributed by atoms with Crippen molar-refractivity contribution in [1.82, 2.24) is 10.6 Å². The average Bonchev–Trinajstić information content (AvgIpc) is 2.66. The standard InChI is InChI=1S/C22H28N4O2/c1-15-10-16(2)12-18(11-15)28-9-8-24-22(23-3)25-14-17-13-21(27)26-20-7-5-4-6-19(17)20/h4-7,10-12,17H,8-9,13-14H2,1-3H3,(H,26,27)(H2,23,24,25). The maximum atomic E-state index is 11.9. The molecule has 148 valence electrons. The number of hydrogen-bond acceptors (Lipinski definition) is 3. The van der Waals surface area contributed by atoms with E-state index in [2.05, 4.69) is 46.9 Å². The van der Waals surface area contributed by atoms with Crippen LogP contribution in [0.4, 0.5) is 5.69 Å². The molecule has 28 heavy (non-hydrogen) atoms. The summed E-state index contributed by atoms with van der Waals surface area (Å²) >= 11 is 0. The highest BCUT2D eigenvalue weighted by molar-refractivity contribution is 5.94. The van der Waals surface area contributed by atoms with Crippen molar-refractivity contribution in [3.63, 3.8) is 0 Å². The number of guanidine groups is 1. The number of anilines is 1. The molecule has 1 unspecified atom stereocenters. The summed E-state index contributed by atoms with van der Waals surface area (Å²) in [5.74, 6) is 1.75. The lowest BCUT2D eigenvalue weighted by molar-refractivity contribution is -0.116. The summed E-state index contributed by atoms with van der Waals surface area (Å²) in [6, 6.07) is 14.1. The van der Waals surface area contributed by atoms with Gasteiger partial charge in [0, 0.05) is 31.6 Å². The molecule has 0 saturated heterocycles. The van der Waals surface area contributed by atoms with E-state index in [4.69, 9.17) is 4.74 Å². The van der Waals surface area contributed by atoms with Crippen LogP contribution in [0.1, 0.15) is 29.0 Å². The number of amides is 1. The smallest absolute Gasteiger partial charge is 0.225 e. The van der Waals surface area contributed by atoms with Gasteiger partial charge in [-0.2, -0.15) is 0 Å². The molecule has 1 aliphatic rings. The molecule has 0 spiro atoms. The van der Waals surface area contributed by atoms with Crippen molar-refractivity contribution in [3.8, 4) is 5.75 Å². The Morgan fingerprint density at radius 2 is 1.93 bits per heavy atom. The van der Waals surface area contributed by atoms with E-state index in [0.29, 0.717) is 32.1 Å². The predicted molar refractivity (Wildman–Crippen MR) is 113 cm³/mol. The van der Waals surface area contributed by atoms with Gasteiger partial charge in [0.2, 0.25) is 5.91 Å². The number of ether oxygens (including phenoxy) is 1. The van der Waals surface area contributed by atoms with Gasteiger partial charge in [0.05, 0.1) is 6.54 Å². The second-order valence-electron chi connectivity index (χ2n) is 7.09. The van der Waals surface area contributed by atoms with Crippen molar-refractivity contribution in [1.29, 1.82) is 0 Å². The fraction of sp³-hybridized carbons (Fsp3) is 0.364. The fourth-order valence-corrected chi connectivity index (χ4v) is 3.48. The lowest BCUT2D eigenvalue weighted by atomic mass is 9.90. The molecule has 3 rings (SSSR count). The van der Waals surface area contributed by atoms with E-state index in [1.165, 1.54) is 11.1 Å². The fourth-order valence-electron chi connectivity index (χ4n) is 3.48. The quantitative estimate of drug-likeness (QED) is 0.409. The Morgan fingerprint density at radius 3 is 2.68 bits per heavy atom. The first-order chi connectivity index (χ1) is 13.5. The molecule has 0 aromatic heterocycles. The van der Waals surface area contributed by atoms with Gasteiger partial charge >= 0.3 is 0 Å². The Balaban J connectivity index is 1.47. The molecule has 0 aliphatic carbocycles. The molecule has 6 nitrogen and oxygen atoms in total. The van der Waals surface area contributed by atoms with Crippen LogP contribution >= 0.6 is 0 Å². The van der Waals surface area contributed by atoms with Crippen molar-refractivity contribution < 1.29 is 9.53 Å². The monoisotopic (exact) mass is 380 g/mol. The van der Waals surface area contributed by atoms with Crippen LogP contribution < -0.4 is 20.7 Å². The van der Waals surface area contributed by atoms with E-state index in [1.807, 2.05) is 30.3 Å². The molecule has 3 N–H and O–H groups in total. The number of hydrogen-bond donors (Lipinski definition) is 3. The number of carbonyl (C=O) groups excluding carboxylic acids is 1. The molecule has 2 aromatic carbocycles. The zero-order valence-electron chi connectivity index (χ0n) is 16.7. The number of nitrogens with zero attached hydrogens (tertiary/aromatic N) is 1. The first-order valence-corrected chi connectivity index (χ1v) is 9.59. The van der Waals surface area contributed by atoms with Gasteiger partial charge in [-0.05, 0) is 48.7 Å². The summed E-state index contributed by atoms with van der Waals surface area (Å²) in [5, 5.41) is 9.51. The van der Waals surface area contributed by atoms with E-state index in [1.54, 1.807) is 7.05 Å². The Labute approximate surface area is 166 Å². The van der Waals surface area contributed by atoms with Gasteiger partial charge < -0.3 is 20.7 Å². The highest BCUT2D eigenvalue weighted by Gasteiger charge is 2.24. The first-order valence-electron chi connectivity index (χ1n) is 9.59. The maximum Gasteiger partial charge on any atom is 0.225 e. The summed E-state index contributed by atoms with van der Waals surface area (Å²) in [7, 11) is 1.74. The number of rotatable bonds is 6. The minimum Gasteiger partial charge on any atom is -0.492 e. The molecule has 2 aromatic rings. The highest BCUT2D eigenvalue weighted by atomic mass is 16.5. The number of benzene rings is 2. The van der Waals surface area contributed by atoms with Gasteiger partial charge in [-0.15, -0.1) is 0 Å². The zero-order chi connectivity index (χ0) is 19.9. The lowest BCUT2D eigenvalue weighted by Gasteiger charge is -2.26. The van der Waals surface area contributed by atoms with E-state index < -0.39 is 0 Å². The molecule has 1 heterocycles. The molecule has 0 bridgehead atoms. The van der Waals surface area contributed by atoms with Crippen molar-refractivity contribution >= 4 is 17.6 Å². The third kappa shape index (κ3) is 5.25. The van der Waals surface area contributed by atoms with Crippen molar-refractivity contribution in [2.75, 3.05) is 32.1 Å². The number of carbonyl (C=O) groups is 1. The van der Waals surface area contributed by atoms with Crippen molar-refractivity contribution in [2.45, 2.75) is 26.2 Å². The Morgan fingerprint density at radius 1 is 1.18 bits per heavy atom. The van der Waals surface area contributed by atoms with Crippen molar-refractivity contribution in [2.24, 2.45) is 4.99 Å². The Hall–Kier alpha value is -3.02. The van der Waals surface area contributed by atoms with Crippen LogP contribution in [-0.2, 0) is 4.79 Å². The Kier molecular flexibility index (Phi) is 6.53. The molecule has 0 saturated carbocycles. The number of aliphatic imine (C=N–C) groups is 1. The first kappa shape index (κ1) is 19.7.